The highest BCUT2D eigenvalue weighted by molar-refractivity contribution is 7.10. The summed E-state index contributed by atoms with van der Waals surface area (Å²) in [5, 5.41) is 7.84. The highest BCUT2D eigenvalue weighted by Crippen LogP contribution is 2.25. The second-order valence-corrected chi connectivity index (χ2v) is 8.61. The van der Waals surface area contributed by atoms with E-state index < -0.39 is 17.8 Å². The smallest absolute Gasteiger partial charge is 0.251 e. The second kappa shape index (κ2) is 10.7. The lowest BCUT2D eigenvalue weighted by Crippen LogP contribution is -2.51. The standard InChI is InChI=1S/C22H28FN3O3S/c1-15(2)20(25-21(27)16-5-7-17(23)8-6-16)22(28)24-14-18(19-4-3-13-30-19)26-9-11-29-12-10-26/h3-8,13,15,18,20H,9-12,14H2,1-2H3,(H,24,28)(H,25,27)/t18-,20+/m1/s1. The summed E-state index contributed by atoms with van der Waals surface area (Å²) in [6, 6.07) is 8.74. The first-order valence-electron chi connectivity index (χ1n) is 10.1. The Kier molecular flexibility index (Phi) is 7.95. The maximum Gasteiger partial charge on any atom is 0.251 e. The van der Waals surface area contributed by atoms with Crippen LogP contribution in [-0.2, 0) is 9.53 Å². The Morgan fingerprint density at radius 2 is 1.87 bits per heavy atom. The number of nitrogens with zero attached hydrogens (tertiary/aromatic N) is 1. The maximum atomic E-state index is 13.1. The van der Waals surface area contributed by atoms with E-state index in [0.29, 0.717) is 25.3 Å². The van der Waals surface area contributed by atoms with Crippen molar-refractivity contribution in [2.75, 3.05) is 32.8 Å². The van der Waals surface area contributed by atoms with Gasteiger partial charge in [-0.25, -0.2) is 4.39 Å². The average molecular weight is 434 g/mol. The Labute approximate surface area is 180 Å². The minimum absolute atomic E-state index is 0.0680. The highest BCUT2D eigenvalue weighted by atomic mass is 32.1. The van der Waals surface area contributed by atoms with E-state index in [0.717, 1.165) is 13.1 Å². The molecular formula is C22H28FN3O3S. The zero-order valence-electron chi connectivity index (χ0n) is 17.3. The Bertz CT molecular complexity index is 821. The van der Waals surface area contributed by atoms with Crippen LogP contribution in [0.25, 0.3) is 0 Å². The van der Waals surface area contributed by atoms with Gasteiger partial charge in [0.1, 0.15) is 11.9 Å². The number of hydrogen-bond acceptors (Lipinski definition) is 5. The lowest BCUT2D eigenvalue weighted by atomic mass is 10.0. The van der Waals surface area contributed by atoms with Crippen molar-refractivity contribution in [3.05, 3.63) is 58.0 Å². The predicted octanol–water partition coefficient (Wildman–Crippen LogP) is 2.83. The molecular weight excluding hydrogens is 405 g/mol. The van der Waals surface area contributed by atoms with Gasteiger partial charge in [-0.2, -0.15) is 0 Å². The van der Waals surface area contributed by atoms with Crippen LogP contribution in [0.4, 0.5) is 4.39 Å². The van der Waals surface area contributed by atoms with E-state index in [9.17, 15) is 14.0 Å². The first-order chi connectivity index (χ1) is 14.5. The molecule has 0 bridgehead atoms. The van der Waals surface area contributed by atoms with E-state index >= 15 is 0 Å². The van der Waals surface area contributed by atoms with Crippen LogP contribution in [0.2, 0.25) is 0 Å². The summed E-state index contributed by atoms with van der Waals surface area (Å²) in [7, 11) is 0. The molecule has 2 amide bonds. The van der Waals surface area contributed by atoms with E-state index in [1.807, 2.05) is 25.3 Å². The van der Waals surface area contributed by atoms with Crippen LogP contribution in [0.1, 0.15) is 35.1 Å². The Morgan fingerprint density at radius 1 is 1.17 bits per heavy atom. The number of nitrogens with one attached hydrogen (secondary N) is 2. The van der Waals surface area contributed by atoms with E-state index in [1.54, 1.807) is 11.3 Å². The fourth-order valence-corrected chi connectivity index (χ4v) is 4.31. The highest BCUT2D eigenvalue weighted by Gasteiger charge is 2.28. The summed E-state index contributed by atoms with van der Waals surface area (Å²) in [5.41, 5.74) is 0.319. The van der Waals surface area contributed by atoms with Crippen LogP contribution >= 0.6 is 11.3 Å². The van der Waals surface area contributed by atoms with Gasteiger partial charge in [-0.3, -0.25) is 14.5 Å². The Morgan fingerprint density at radius 3 is 2.47 bits per heavy atom. The van der Waals surface area contributed by atoms with Gasteiger partial charge in [0, 0.05) is 30.1 Å². The number of benzene rings is 1. The van der Waals surface area contributed by atoms with Gasteiger partial charge in [-0.15, -0.1) is 11.3 Å². The molecule has 1 aromatic heterocycles. The maximum absolute atomic E-state index is 13.1. The van der Waals surface area contributed by atoms with Gasteiger partial charge < -0.3 is 15.4 Å². The van der Waals surface area contributed by atoms with Crippen molar-refractivity contribution in [1.29, 1.82) is 0 Å². The fourth-order valence-electron chi connectivity index (χ4n) is 3.45. The summed E-state index contributed by atoms with van der Waals surface area (Å²) in [6.45, 7) is 7.20. The lowest BCUT2D eigenvalue weighted by Gasteiger charge is -2.34. The van der Waals surface area contributed by atoms with Crippen molar-refractivity contribution in [2.45, 2.75) is 25.9 Å². The third-order valence-corrected chi connectivity index (χ3v) is 6.14. The molecule has 3 rings (SSSR count). The molecule has 2 heterocycles. The van der Waals surface area contributed by atoms with Crippen molar-refractivity contribution in [3.8, 4) is 0 Å². The molecule has 1 saturated heterocycles. The largest absolute Gasteiger partial charge is 0.379 e. The normalized spacial score (nSPS) is 16.8. The van der Waals surface area contributed by atoms with Gasteiger partial charge in [0.05, 0.1) is 19.3 Å². The molecule has 1 aliphatic heterocycles. The van der Waals surface area contributed by atoms with E-state index in [1.165, 1.54) is 29.1 Å². The lowest BCUT2D eigenvalue weighted by molar-refractivity contribution is -0.124. The van der Waals surface area contributed by atoms with Gasteiger partial charge in [0.25, 0.3) is 5.91 Å². The monoisotopic (exact) mass is 433 g/mol. The molecule has 0 unspecified atom stereocenters. The number of morpholine rings is 1. The molecule has 6 nitrogen and oxygen atoms in total. The minimum Gasteiger partial charge on any atom is -0.379 e. The van der Waals surface area contributed by atoms with E-state index in [2.05, 4.69) is 21.6 Å². The fraction of sp³-hybridized carbons (Fsp3) is 0.455. The van der Waals surface area contributed by atoms with Crippen LogP contribution in [0.5, 0.6) is 0 Å². The number of amides is 2. The summed E-state index contributed by atoms with van der Waals surface area (Å²) in [5.74, 6) is -1.13. The Hall–Kier alpha value is -2.29. The average Bonchev–Trinajstić information content (AvgIpc) is 3.27. The number of carbonyl (C=O) groups excluding carboxylic acids is 2. The molecule has 1 aliphatic rings. The molecule has 2 N–H and O–H groups in total. The number of rotatable bonds is 8. The van der Waals surface area contributed by atoms with Crippen molar-refractivity contribution >= 4 is 23.2 Å². The van der Waals surface area contributed by atoms with Gasteiger partial charge in [0.15, 0.2) is 0 Å². The second-order valence-electron chi connectivity index (χ2n) is 7.63. The van der Waals surface area contributed by atoms with Crippen molar-refractivity contribution in [3.63, 3.8) is 0 Å². The summed E-state index contributed by atoms with van der Waals surface area (Å²) >= 11 is 1.67. The van der Waals surface area contributed by atoms with Crippen LogP contribution in [0.15, 0.2) is 41.8 Å². The molecule has 0 radical (unpaired) electrons. The molecule has 0 spiro atoms. The number of ether oxygens (including phenoxy) is 1. The molecule has 8 heteroatoms. The first kappa shape index (κ1) is 22.4. The predicted molar refractivity (Wildman–Crippen MR) is 115 cm³/mol. The molecule has 2 atom stereocenters. The quantitative estimate of drug-likeness (QED) is 0.672. The zero-order chi connectivity index (χ0) is 21.5. The molecule has 1 fully saturated rings. The first-order valence-corrected chi connectivity index (χ1v) is 11.0. The summed E-state index contributed by atoms with van der Waals surface area (Å²) in [6.07, 6.45) is 0. The SMILES string of the molecule is CC(C)[C@H](NC(=O)c1ccc(F)cc1)C(=O)NC[C@H](c1cccs1)N1CCOCC1. The third kappa shape index (κ3) is 5.87. The van der Waals surface area contributed by atoms with Crippen LogP contribution in [0, 0.1) is 11.7 Å². The van der Waals surface area contributed by atoms with Crippen LogP contribution < -0.4 is 10.6 Å². The van der Waals surface area contributed by atoms with Crippen LogP contribution in [-0.4, -0.2) is 55.6 Å². The number of hydrogen-bond donors (Lipinski definition) is 2. The Balaban J connectivity index is 1.64. The summed E-state index contributed by atoms with van der Waals surface area (Å²) in [4.78, 5) is 29.0. The molecule has 162 valence electrons. The number of carbonyl (C=O) groups is 2. The topological polar surface area (TPSA) is 70.7 Å². The van der Waals surface area contributed by atoms with Gasteiger partial charge >= 0.3 is 0 Å². The van der Waals surface area contributed by atoms with Gasteiger partial charge in [-0.1, -0.05) is 19.9 Å². The molecule has 2 aromatic rings. The van der Waals surface area contributed by atoms with E-state index in [-0.39, 0.29) is 17.9 Å². The molecule has 30 heavy (non-hydrogen) atoms. The van der Waals surface area contributed by atoms with Crippen molar-refractivity contribution < 1.29 is 18.7 Å². The van der Waals surface area contributed by atoms with Gasteiger partial charge in [-0.05, 0) is 41.6 Å². The van der Waals surface area contributed by atoms with Gasteiger partial charge in [0.2, 0.25) is 5.91 Å². The molecule has 1 aromatic carbocycles. The number of halogens is 1. The number of thiophene rings is 1. The molecule has 0 saturated carbocycles. The van der Waals surface area contributed by atoms with Crippen LogP contribution in [0.3, 0.4) is 0 Å². The van der Waals surface area contributed by atoms with Crippen molar-refractivity contribution in [1.82, 2.24) is 15.5 Å². The third-order valence-electron chi connectivity index (χ3n) is 5.17. The van der Waals surface area contributed by atoms with E-state index in [4.69, 9.17) is 4.74 Å². The summed E-state index contributed by atoms with van der Waals surface area (Å²) < 4.78 is 18.6. The zero-order valence-corrected chi connectivity index (χ0v) is 18.1. The van der Waals surface area contributed by atoms with Crippen molar-refractivity contribution in [2.24, 2.45) is 5.92 Å². The molecule has 0 aliphatic carbocycles. The minimum atomic E-state index is -0.684.